The molecular weight excluding hydrogens is 344 g/mol. The summed E-state index contributed by atoms with van der Waals surface area (Å²) in [7, 11) is 1.58. The number of hydrogen-bond acceptors (Lipinski definition) is 5. The largest absolute Gasteiger partial charge is 0.493 e. The molecular formula is C21H18N2O4. The molecule has 3 rings (SSSR count). The molecule has 1 N–H and O–H groups in total. The third-order valence-electron chi connectivity index (χ3n) is 3.63. The molecule has 0 fully saturated rings. The van der Waals surface area contributed by atoms with Crippen LogP contribution in [0.3, 0.4) is 0 Å². The van der Waals surface area contributed by atoms with E-state index in [1.54, 1.807) is 19.2 Å². The van der Waals surface area contributed by atoms with Crippen molar-refractivity contribution in [3.05, 3.63) is 66.4 Å². The zero-order chi connectivity index (χ0) is 18.9. The average Bonchev–Trinajstić information content (AvgIpc) is 3.22. The number of nitrogens with zero attached hydrogens (tertiary/aromatic N) is 1. The maximum Gasteiger partial charge on any atom is 0.274 e. The molecule has 0 atom stereocenters. The second kappa shape index (κ2) is 9.11. The normalized spacial score (nSPS) is 9.81. The van der Waals surface area contributed by atoms with Crippen LogP contribution in [-0.2, 0) is 0 Å². The van der Waals surface area contributed by atoms with Crippen molar-refractivity contribution in [1.29, 1.82) is 0 Å². The number of aromatic nitrogens is 1. The minimum absolute atomic E-state index is 0.182. The lowest BCUT2D eigenvalue weighted by molar-refractivity contribution is 0.0949. The van der Waals surface area contributed by atoms with Gasteiger partial charge in [-0.2, -0.15) is 0 Å². The second-order valence-electron chi connectivity index (χ2n) is 5.42. The number of amides is 1. The van der Waals surface area contributed by atoms with E-state index in [9.17, 15) is 4.79 Å². The van der Waals surface area contributed by atoms with Crippen LogP contribution in [0.1, 0.15) is 10.5 Å². The van der Waals surface area contributed by atoms with Gasteiger partial charge in [-0.3, -0.25) is 4.79 Å². The van der Waals surface area contributed by atoms with Crippen molar-refractivity contribution < 1.29 is 18.8 Å². The number of rotatable bonds is 6. The minimum Gasteiger partial charge on any atom is -0.493 e. The highest BCUT2D eigenvalue weighted by Crippen LogP contribution is 2.25. The molecule has 0 unspecified atom stereocenters. The predicted octanol–water partition coefficient (Wildman–Crippen LogP) is 3.16. The summed E-state index contributed by atoms with van der Waals surface area (Å²) >= 11 is 0. The molecule has 6 heteroatoms. The van der Waals surface area contributed by atoms with Crippen molar-refractivity contribution in [2.24, 2.45) is 0 Å². The van der Waals surface area contributed by atoms with E-state index in [4.69, 9.17) is 14.0 Å². The van der Waals surface area contributed by atoms with E-state index in [2.05, 4.69) is 22.3 Å². The zero-order valence-electron chi connectivity index (χ0n) is 14.8. The summed E-state index contributed by atoms with van der Waals surface area (Å²) < 4.78 is 15.9. The van der Waals surface area contributed by atoms with Crippen LogP contribution in [0.5, 0.6) is 11.5 Å². The SMILES string of the molecule is COc1ccccc1OCC#CCNC(=O)c1cc(-c2ccccc2)on1. The van der Waals surface area contributed by atoms with Crippen molar-refractivity contribution in [1.82, 2.24) is 10.5 Å². The van der Waals surface area contributed by atoms with Crippen LogP contribution in [0.4, 0.5) is 0 Å². The first-order valence-corrected chi connectivity index (χ1v) is 8.30. The first-order chi connectivity index (χ1) is 13.3. The van der Waals surface area contributed by atoms with Gasteiger partial charge in [-0.25, -0.2) is 0 Å². The summed E-state index contributed by atoms with van der Waals surface area (Å²) in [6.07, 6.45) is 0. The van der Waals surface area contributed by atoms with Crippen LogP contribution >= 0.6 is 0 Å². The lowest BCUT2D eigenvalue weighted by Gasteiger charge is -2.07. The van der Waals surface area contributed by atoms with Gasteiger partial charge < -0.3 is 19.3 Å². The van der Waals surface area contributed by atoms with Crippen molar-refractivity contribution in [3.63, 3.8) is 0 Å². The molecule has 1 heterocycles. The fourth-order valence-corrected chi connectivity index (χ4v) is 2.30. The first-order valence-electron chi connectivity index (χ1n) is 8.30. The summed E-state index contributed by atoms with van der Waals surface area (Å²) in [4.78, 5) is 12.1. The van der Waals surface area contributed by atoms with Gasteiger partial charge in [-0.05, 0) is 12.1 Å². The molecule has 3 aromatic rings. The smallest absolute Gasteiger partial charge is 0.274 e. The van der Waals surface area contributed by atoms with Crippen LogP contribution in [0, 0.1) is 11.8 Å². The third kappa shape index (κ3) is 4.89. The topological polar surface area (TPSA) is 73.6 Å². The monoisotopic (exact) mass is 362 g/mol. The maximum atomic E-state index is 12.1. The van der Waals surface area contributed by atoms with E-state index in [1.165, 1.54) is 0 Å². The Hall–Kier alpha value is -3.72. The Labute approximate surface area is 157 Å². The number of carbonyl (C=O) groups excluding carboxylic acids is 1. The molecule has 136 valence electrons. The molecule has 1 amide bonds. The highest BCUT2D eigenvalue weighted by molar-refractivity contribution is 5.93. The van der Waals surface area contributed by atoms with Gasteiger partial charge in [0.15, 0.2) is 23.0 Å². The summed E-state index contributed by atoms with van der Waals surface area (Å²) in [6, 6.07) is 18.4. The fourth-order valence-electron chi connectivity index (χ4n) is 2.30. The van der Waals surface area contributed by atoms with E-state index in [1.807, 2.05) is 48.5 Å². The van der Waals surface area contributed by atoms with Gasteiger partial charge in [0.25, 0.3) is 5.91 Å². The number of ether oxygens (including phenoxy) is 2. The van der Waals surface area contributed by atoms with E-state index >= 15 is 0 Å². The fraction of sp³-hybridized carbons (Fsp3) is 0.143. The van der Waals surface area contributed by atoms with E-state index in [0.717, 1.165) is 5.56 Å². The van der Waals surface area contributed by atoms with Crippen LogP contribution in [0.2, 0.25) is 0 Å². The van der Waals surface area contributed by atoms with Gasteiger partial charge >= 0.3 is 0 Å². The molecule has 0 aliphatic rings. The van der Waals surface area contributed by atoms with Crippen molar-refractivity contribution in [3.8, 4) is 34.7 Å². The Morgan fingerprint density at radius 2 is 1.81 bits per heavy atom. The van der Waals surface area contributed by atoms with Crippen LogP contribution in [-0.4, -0.2) is 31.3 Å². The number of nitrogens with one attached hydrogen (secondary N) is 1. The van der Waals surface area contributed by atoms with Crippen molar-refractivity contribution in [2.75, 3.05) is 20.3 Å². The Balaban J connectivity index is 1.47. The van der Waals surface area contributed by atoms with Gasteiger partial charge in [0.2, 0.25) is 0 Å². The highest BCUT2D eigenvalue weighted by atomic mass is 16.5. The van der Waals surface area contributed by atoms with Gasteiger partial charge in [-0.15, -0.1) is 0 Å². The Bertz CT molecular complexity index is 955. The molecule has 0 spiro atoms. The summed E-state index contributed by atoms with van der Waals surface area (Å²) in [6.45, 7) is 0.375. The Morgan fingerprint density at radius 1 is 1.07 bits per heavy atom. The second-order valence-corrected chi connectivity index (χ2v) is 5.42. The van der Waals surface area contributed by atoms with E-state index in [-0.39, 0.29) is 24.8 Å². The molecule has 0 saturated heterocycles. The Morgan fingerprint density at radius 3 is 2.59 bits per heavy atom. The molecule has 0 aliphatic heterocycles. The lowest BCUT2D eigenvalue weighted by atomic mass is 10.1. The van der Waals surface area contributed by atoms with E-state index < -0.39 is 0 Å². The number of benzene rings is 2. The summed E-state index contributed by atoms with van der Waals surface area (Å²) in [5.74, 6) is 7.12. The first kappa shape index (κ1) is 18.1. The molecule has 27 heavy (non-hydrogen) atoms. The van der Waals surface area contributed by atoms with Crippen LogP contribution in [0.25, 0.3) is 11.3 Å². The van der Waals surface area contributed by atoms with E-state index in [0.29, 0.717) is 17.3 Å². The lowest BCUT2D eigenvalue weighted by Crippen LogP contribution is -2.23. The van der Waals surface area contributed by atoms with Gasteiger partial charge in [-0.1, -0.05) is 59.5 Å². The molecule has 0 saturated carbocycles. The Kier molecular flexibility index (Phi) is 6.10. The predicted molar refractivity (Wildman–Crippen MR) is 101 cm³/mol. The van der Waals surface area contributed by atoms with Crippen LogP contribution < -0.4 is 14.8 Å². The quantitative estimate of drug-likeness (QED) is 0.682. The third-order valence-corrected chi connectivity index (χ3v) is 3.63. The molecule has 0 radical (unpaired) electrons. The van der Waals surface area contributed by atoms with Crippen LogP contribution in [0.15, 0.2) is 65.2 Å². The number of methoxy groups -OCH3 is 1. The van der Waals surface area contributed by atoms with Crippen molar-refractivity contribution in [2.45, 2.75) is 0 Å². The molecule has 6 nitrogen and oxygen atoms in total. The number of hydrogen-bond donors (Lipinski definition) is 1. The molecule has 0 bridgehead atoms. The van der Waals surface area contributed by atoms with Crippen molar-refractivity contribution >= 4 is 5.91 Å². The molecule has 1 aromatic heterocycles. The molecule has 2 aromatic carbocycles. The molecule has 0 aliphatic carbocycles. The summed E-state index contributed by atoms with van der Waals surface area (Å²) in [5.41, 5.74) is 1.07. The summed E-state index contributed by atoms with van der Waals surface area (Å²) in [5, 5.41) is 6.46. The number of para-hydroxylation sites is 2. The highest BCUT2D eigenvalue weighted by Gasteiger charge is 2.12. The van der Waals surface area contributed by atoms with Gasteiger partial charge in [0, 0.05) is 11.6 Å². The van der Waals surface area contributed by atoms with Gasteiger partial charge in [0.05, 0.1) is 13.7 Å². The zero-order valence-corrected chi connectivity index (χ0v) is 14.8. The maximum absolute atomic E-state index is 12.1. The van der Waals surface area contributed by atoms with Gasteiger partial charge in [0.1, 0.15) is 6.61 Å². The number of carbonyl (C=O) groups is 1. The average molecular weight is 362 g/mol. The minimum atomic E-state index is -0.346. The standard InChI is InChI=1S/C21H18N2O4/c1-25-18-11-5-6-12-19(18)26-14-8-7-13-22-21(24)17-15-20(27-23-17)16-9-3-2-4-10-16/h2-6,9-12,15H,13-14H2,1H3,(H,22,24).